The molecule has 9 nitrogen and oxygen atoms in total. The first-order valence-corrected chi connectivity index (χ1v) is 13.6. The summed E-state index contributed by atoms with van der Waals surface area (Å²) in [6, 6.07) is 15.7. The first-order chi connectivity index (χ1) is 19.4. The highest BCUT2D eigenvalue weighted by atomic mass is 16.5. The van der Waals surface area contributed by atoms with Crippen LogP contribution < -0.4 is 5.32 Å². The predicted octanol–water partition coefficient (Wildman–Crippen LogP) is 4.53. The molecule has 0 saturated carbocycles. The highest BCUT2D eigenvalue weighted by Gasteiger charge is 2.50. The zero-order valence-corrected chi connectivity index (χ0v) is 22.8. The van der Waals surface area contributed by atoms with Gasteiger partial charge in [0.15, 0.2) is 5.78 Å². The number of esters is 2. The molecule has 0 fully saturated rings. The lowest BCUT2D eigenvalue weighted by Crippen LogP contribution is -2.52. The second-order valence-electron chi connectivity index (χ2n) is 9.99. The first-order valence-electron chi connectivity index (χ1n) is 13.6. The van der Waals surface area contributed by atoms with Crippen LogP contribution in [0.5, 0.6) is 0 Å². The summed E-state index contributed by atoms with van der Waals surface area (Å²) in [6.07, 6.45) is 2.55. The Labute approximate surface area is 232 Å². The minimum Gasteiger partial charge on any atom is -0.464 e. The Hall–Kier alpha value is -4.58. The fourth-order valence-corrected chi connectivity index (χ4v) is 5.98. The molecule has 0 saturated heterocycles. The van der Waals surface area contributed by atoms with Crippen molar-refractivity contribution in [1.82, 2.24) is 9.88 Å². The van der Waals surface area contributed by atoms with E-state index in [4.69, 9.17) is 9.47 Å². The summed E-state index contributed by atoms with van der Waals surface area (Å²) < 4.78 is 10.6. The summed E-state index contributed by atoms with van der Waals surface area (Å²) in [5, 5.41) is 14.8. The molecular weight excluding hydrogens is 508 g/mol. The number of rotatable bonds is 8. The maximum atomic E-state index is 13.6. The van der Waals surface area contributed by atoms with Gasteiger partial charge in [-0.15, -0.1) is 0 Å². The number of nitrogens with zero attached hydrogens (tertiary/aromatic N) is 2. The van der Waals surface area contributed by atoms with Crippen LogP contribution in [0.1, 0.15) is 48.4 Å². The molecule has 9 heteroatoms. The summed E-state index contributed by atoms with van der Waals surface area (Å²) in [5.74, 6) is -2.69. The molecule has 0 spiro atoms. The third kappa shape index (κ3) is 4.81. The van der Waals surface area contributed by atoms with E-state index >= 15 is 0 Å². The molecule has 0 unspecified atom stereocenters. The maximum Gasteiger partial charge on any atom is 0.338 e. The van der Waals surface area contributed by atoms with Crippen molar-refractivity contribution in [3.05, 3.63) is 77.1 Å². The fraction of sp³-hybridized carbons (Fsp3) is 0.355. The molecule has 0 aliphatic carbocycles. The first kappa shape index (κ1) is 27.0. The van der Waals surface area contributed by atoms with Gasteiger partial charge in [-0.3, -0.25) is 4.79 Å². The van der Waals surface area contributed by atoms with E-state index in [-0.39, 0.29) is 25.0 Å². The number of para-hydroxylation sites is 1. The van der Waals surface area contributed by atoms with Crippen molar-refractivity contribution < 1.29 is 23.9 Å². The second kappa shape index (κ2) is 11.3. The quantitative estimate of drug-likeness (QED) is 0.400. The van der Waals surface area contributed by atoms with E-state index < -0.39 is 29.8 Å². The molecule has 3 aromatic rings. The zero-order chi connectivity index (χ0) is 28.4. The van der Waals surface area contributed by atoms with Crippen molar-refractivity contribution in [2.75, 3.05) is 25.1 Å². The van der Waals surface area contributed by atoms with E-state index in [1.165, 1.54) is 6.92 Å². The molecule has 3 heterocycles. The van der Waals surface area contributed by atoms with Crippen molar-refractivity contribution in [1.29, 1.82) is 5.26 Å². The Kier molecular flexibility index (Phi) is 7.60. The predicted molar refractivity (Wildman–Crippen MR) is 149 cm³/mol. The Morgan fingerprint density at radius 1 is 1.10 bits per heavy atom. The summed E-state index contributed by atoms with van der Waals surface area (Å²) in [5.41, 5.74) is 4.40. The molecule has 5 rings (SSSR count). The van der Waals surface area contributed by atoms with E-state index in [9.17, 15) is 19.6 Å². The summed E-state index contributed by atoms with van der Waals surface area (Å²) >= 11 is 0. The Balaban J connectivity index is 1.62. The number of aromatic nitrogens is 1. The zero-order valence-electron chi connectivity index (χ0n) is 22.8. The van der Waals surface area contributed by atoms with Gasteiger partial charge in [-0.1, -0.05) is 18.2 Å². The van der Waals surface area contributed by atoms with Crippen molar-refractivity contribution in [2.24, 2.45) is 11.8 Å². The third-order valence-electron chi connectivity index (χ3n) is 7.70. The van der Waals surface area contributed by atoms with Crippen LogP contribution >= 0.6 is 0 Å². The van der Waals surface area contributed by atoms with Gasteiger partial charge in [0.25, 0.3) is 0 Å². The van der Waals surface area contributed by atoms with Gasteiger partial charge < -0.3 is 24.7 Å². The number of ketones is 1. The van der Waals surface area contributed by atoms with E-state index in [1.807, 2.05) is 18.2 Å². The van der Waals surface area contributed by atoms with Crippen LogP contribution in [0.25, 0.3) is 10.9 Å². The number of H-pyrrole nitrogens is 1. The maximum absolute atomic E-state index is 13.6. The largest absolute Gasteiger partial charge is 0.464 e. The molecule has 40 heavy (non-hydrogen) atoms. The number of fused-ring (bicyclic) bond motifs is 5. The number of Topliss-reactive ketones (excluding diaryl/α,β-unsaturated/α-hetero) is 1. The number of anilines is 1. The number of ether oxygens (including phenoxy) is 2. The molecule has 0 radical (unpaired) electrons. The molecule has 2 N–H and O–H groups in total. The van der Waals surface area contributed by atoms with Gasteiger partial charge in [0.05, 0.1) is 36.8 Å². The van der Waals surface area contributed by atoms with Crippen LogP contribution in [0.4, 0.5) is 5.69 Å². The van der Waals surface area contributed by atoms with Crippen molar-refractivity contribution in [2.45, 2.75) is 39.3 Å². The number of nitrogens with one attached hydrogen (secondary N) is 2. The number of aromatic amines is 1. The van der Waals surface area contributed by atoms with Crippen LogP contribution in [0.15, 0.2) is 60.3 Å². The molecule has 4 atom stereocenters. The van der Waals surface area contributed by atoms with Gasteiger partial charge in [-0.05, 0) is 63.1 Å². The smallest absolute Gasteiger partial charge is 0.338 e. The van der Waals surface area contributed by atoms with Crippen molar-refractivity contribution >= 4 is 34.3 Å². The summed E-state index contributed by atoms with van der Waals surface area (Å²) in [7, 11) is 0. The average molecular weight is 541 g/mol. The SMILES string of the molecule is CCOC(=O)c1ccc(N[C@@H](C(=O)OCC)[C@H]2[C@H](C#N)C(C(C)=O)=CN3CCc4c([nH]c5ccccc45)[C@H]23)cc1. The van der Waals surface area contributed by atoms with Gasteiger partial charge in [-0.25, -0.2) is 9.59 Å². The standard InChI is InChI=1S/C31H32N4O5/c1-4-39-30(37)19-10-12-20(13-11-19)33-28(31(38)40-5-2)26-23(16-32)24(18(3)36)17-35-15-14-22-21-8-6-7-9-25(21)34-27(22)29(26)35/h6-13,17,23,26,28-29,33-34H,4-5,14-15H2,1-3H3/t23-,26-,28-,29+/m1/s1. The van der Waals surface area contributed by atoms with Gasteiger partial charge in [-0.2, -0.15) is 5.26 Å². The Morgan fingerprint density at radius 3 is 2.50 bits per heavy atom. The topological polar surface area (TPSA) is 125 Å². The summed E-state index contributed by atoms with van der Waals surface area (Å²) in [6.45, 7) is 5.98. The lowest BCUT2D eigenvalue weighted by molar-refractivity contribution is -0.146. The highest BCUT2D eigenvalue weighted by Crippen LogP contribution is 2.48. The van der Waals surface area contributed by atoms with Gasteiger partial charge in [0, 0.05) is 46.5 Å². The van der Waals surface area contributed by atoms with Crippen LogP contribution in [0, 0.1) is 23.2 Å². The number of nitriles is 1. The molecule has 206 valence electrons. The average Bonchev–Trinajstić information content (AvgIpc) is 3.34. The molecule has 2 aliphatic heterocycles. The van der Waals surface area contributed by atoms with E-state index in [2.05, 4.69) is 27.3 Å². The highest BCUT2D eigenvalue weighted by molar-refractivity contribution is 5.95. The second-order valence-corrected chi connectivity index (χ2v) is 9.99. The van der Waals surface area contributed by atoms with Gasteiger partial charge >= 0.3 is 11.9 Å². The molecule has 0 amide bonds. The summed E-state index contributed by atoms with van der Waals surface area (Å²) in [4.78, 5) is 44.2. The minimum atomic E-state index is -0.967. The normalized spacial score (nSPS) is 20.4. The van der Waals surface area contributed by atoms with E-state index in [0.717, 1.165) is 28.6 Å². The van der Waals surface area contributed by atoms with Crippen LogP contribution in [0.3, 0.4) is 0 Å². The molecule has 2 aliphatic rings. The monoisotopic (exact) mass is 540 g/mol. The Morgan fingerprint density at radius 2 is 1.82 bits per heavy atom. The molecule has 2 aromatic carbocycles. The Bertz CT molecular complexity index is 1520. The van der Waals surface area contributed by atoms with Gasteiger partial charge in [0.2, 0.25) is 0 Å². The van der Waals surface area contributed by atoms with Crippen LogP contribution in [-0.4, -0.2) is 53.4 Å². The number of allylic oxidation sites excluding steroid dienone is 1. The lowest BCUT2D eigenvalue weighted by atomic mass is 9.70. The van der Waals surface area contributed by atoms with E-state index in [0.29, 0.717) is 23.4 Å². The van der Waals surface area contributed by atoms with Crippen molar-refractivity contribution in [3.63, 3.8) is 0 Å². The number of benzene rings is 2. The number of hydrogen-bond acceptors (Lipinski definition) is 8. The lowest BCUT2D eigenvalue weighted by Gasteiger charge is -2.47. The number of carbonyl (C=O) groups excluding carboxylic acids is 3. The molecule has 1 aromatic heterocycles. The van der Waals surface area contributed by atoms with Gasteiger partial charge in [0.1, 0.15) is 6.04 Å². The van der Waals surface area contributed by atoms with Crippen molar-refractivity contribution in [3.8, 4) is 6.07 Å². The van der Waals surface area contributed by atoms with E-state index in [1.54, 1.807) is 44.3 Å². The number of hydrogen-bond donors (Lipinski definition) is 2. The van der Waals surface area contributed by atoms with Crippen LogP contribution in [0.2, 0.25) is 0 Å². The molecule has 0 bridgehead atoms. The minimum absolute atomic E-state index is 0.157. The third-order valence-corrected chi connectivity index (χ3v) is 7.70. The molecular formula is C31H32N4O5. The number of carbonyl (C=O) groups is 3. The fourth-order valence-electron chi connectivity index (χ4n) is 5.98. The van der Waals surface area contributed by atoms with Crippen LogP contribution in [-0.2, 0) is 25.5 Å².